The molecule has 0 saturated heterocycles. The van der Waals surface area contributed by atoms with Gasteiger partial charge in [-0.3, -0.25) is 0 Å². The second kappa shape index (κ2) is 7.47. The van der Waals surface area contributed by atoms with Crippen LogP contribution in [0.5, 0.6) is 5.75 Å². The zero-order valence-corrected chi connectivity index (χ0v) is 16.6. The number of benzene rings is 1. The van der Waals surface area contributed by atoms with Gasteiger partial charge in [0.25, 0.3) is 0 Å². The molecular formula is C22H37NO. The molecule has 1 aliphatic carbocycles. The van der Waals surface area contributed by atoms with Crippen molar-refractivity contribution in [2.45, 2.75) is 91.6 Å². The van der Waals surface area contributed by atoms with Crippen LogP contribution in [0.15, 0.2) is 18.2 Å². The molecule has 0 heterocycles. The van der Waals surface area contributed by atoms with Crippen LogP contribution >= 0.6 is 0 Å². The molecule has 0 radical (unpaired) electrons. The Morgan fingerprint density at radius 3 is 2.21 bits per heavy atom. The van der Waals surface area contributed by atoms with Gasteiger partial charge in [0.05, 0.1) is 0 Å². The van der Waals surface area contributed by atoms with Gasteiger partial charge in [-0.05, 0) is 60.5 Å². The van der Waals surface area contributed by atoms with Crippen LogP contribution in [0.25, 0.3) is 0 Å². The summed E-state index contributed by atoms with van der Waals surface area (Å²) in [6.45, 7) is 14.6. The van der Waals surface area contributed by atoms with E-state index in [1.165, 1.54) is 31.2 Å². The maximum Gasteiger partial charge on any atom is 0.120 e. The van der Waals surface area contributed by atoms with Crippen molar-refractivity contribution in [3.05, 3.63) is 29.3 Å². The van der Waals surface area contributed by atoms with Crippen LogP contribution in [0, 0.1) is 11.3 Å². The van der Waals surface area contributed by atoms with Crippen molar-refractivity contribution in [1.82, 2.24) is 5.32 Å². The van der Waals surface area contributed by atoms with Crippen LogP contribution < -0.4 is 5.32 Å². The molecule has 0 aliphatic heterocycles. The quantitative estimate of drug-likeness (QED) is 0.717. The first-order chi connectivity index (χ1) is 11.1. The average molecular weight is 332 g/mol. The molecule has 24 heavy (non-hydrogen) atoms. The van der Waals surface area contributed by atoms with Gasteiger partial charge in [0.1, 0.15) is 5.75 Å². The van der Waals surface area contributed by atoms with Gasteiger partial charge in [0.2, 0.25) is 0 Å². The van der Waals surface area contributed by atoms with Crippen molar-refractivity contribution >= 4 is 0 Å². The normalized spacial score (nSPS) is 22.6. The minimum absolute atomic E-state index is 0.160. The Morgan fingerprint density at radius 2 is 1.67 bits per heavy atom. The van der Waals surface area contributed by atoms with Gasteiger partial charge < -0.3 is 10.4 Å². The van der Waals surface area contributed by atoms with Gasteiger partial charge in [-0.15, -0.1) is 0 Å². The van der Waals surface area contributed by atoms with Crippen LogP contribution in [0.3, 0.4) is 0 Å². The first-order valence-corrected chi connectivity index (χ1v) is 9.69. The molecule has 2 N–H and O–H groups in total. The van der Waals surface area contributed by atoms with E-state index in [2.05, 4.69) is 59.0 Å². The maximum atomic E-state index is 10.2. The van der Waals surface area contributed by atoms with Crippen molar-refractivity contribution in [3.8, 4) is 5.75 Å². The molecule has 0 bridgehead atoms. The summed E-state index contributed by atoms with van der Waals surface area (Å²) < 4.78 is 0. The Balaban J connectivity index is 1.94. The Bertz CT molecular complexity index is 533. The molecule has 1 aromatic rings. The molecular weight excluding hydrogens is 294 g/mol. The molecule has 2 nitrogen and oxygen atoms in total. The van der Waals surface area contributed by atoms with Crippen molar-refractivity contribution < 1.29 is 5.11 Å². The molecule has 1 aliphatic rings. The van der Waals surface area contributed by atoms with Gasteiger partial charge in [-0.25, -0.2) is 0 Å². The van der Waals surface area contributed by atoms with E-state index in [0.717, 1.165) is 24.4 Å². The van der Waals surface area contributed by atoms with Gasteiger partial charge >= 0.3 is 0 Å². The number of phenolic OH excluding ortho intramolecular Hbond substituents is 1. The molecule has 0 aromatic heterocycles. The zero-order valence-electron chi connectivity index (χ0n) is 16.6. The second-order valence-corrected chi connectivity index (χ2v) is 9.38. The summed E-state index contributed by atoms with van der Waals surface area (Å²) in [5, 5.41) is 13.9. The molecule has 1 saturated carbocycles. The van der Waals surface area contributed by atoms with E-state index in [1.807, 2.05) is 6.07 Å². The second-order valence-electron chi connectivity index (χ2n) is 9.38. The van der Waals surface area contributed by atoms with E-state index in [0.29, 0.717) is 17.2 Å². The van der Waals surface area contributed by atoms with Crippen LogP contribution in [0.1, 0.15) is 84.8 Å². The fraction of sp³-hybridized carbons (Fsp3) is 0.727. The first-order valence-electron chi connectivity index (χ1n) is 9.69. The standard InChI is InChI=1S/C22H37NO/c1-7-22(5,6)18-10-13-20(24)16(14-18)15-23-19-11-8-17(9-12-19)21(2,3)4/h10,13-14,17,19,23-24H,7-9,11-12,15H2,1-6H3. The number of hydrogen-bond acceptors (Lipinski definition) is 2. The van der Waals surface area contributed by atoms with Crippen molar-refractivity contribution in [2.24, 2.45) is 11.3 Å². The van der Waals surface area contributed by atoms with E-state index in [1.54, 1.807) is 0 Å². The molecule has 2 heteroatoms. The SMILES string of the molecule is CCC(C)(C)c1ccc(O)c(CNC2CCC(C(C)(C)C)CC2)c1. The van der Waals surface area contributed by atoms with Crippen molar-refractivity contribution in [3.63, 3.8) is 0 Å². The lowest BCUT2D eigenvalue weighted by Crippen LogP contribution is -2.35. The molecule has 1 fully saturated rings. The summed E-state index contributed by atoms with van der Waals surface area (Å²) in [4.78, 5) is 0. The van der Waals surface area contributed by atoms with Gasteiger partial charge in [-0.2, -0.15) is 0 Å². The highest BCUT2D eigenvalue weighted by molar-refractivity contribution is 5.39. The molecule has 0 atom stereocenters. The Morgan fingerprint density at radius 1 is 1.04 bits per heavy atom. The highest BCUT2D eigenvalue weighted by Crippen LogP contribution is 2.38. The third kappa shape index (κ3) is 4.75. The van der Waals surface area contributed by atoms with E-state index in [4.69, 9.17) is 0 Å². The molecule has 0 amide bonds. The van der Waals surface area contributed by atoms with E-state index >= 15 is 0 Å². The monoisotopic (exact) mass is 331 g/mol. The summed E-state index contributed by atoms with van der Waals surface area (Å²) in [6.07, 6.45) is 6.24. The topological polar surface area (TPSA) is 32.3 Å². The summed E-state index contributed by atoms with van der Waals surface area (Å²) >= 11 is 0. The van der Waals surface area contributed by atoms with E-state index in [-0.39, 0.29) is 5.41 Å². The van der Waals surface area contributed by atoms with Gasteiger partial charge in [-0.1, -0.05) is 53.7 Å². The summed E-state index contributed by atoms with van der Waals surface area (Å²) in [5.74, 6) is 1.26. The van der Waals surface area contributed by atoms with Crippen LogP contribution in [0.4, 0.5) is 0 Å². The van der Waals surface area contributed by atoms with Gasteiger partial charge in [0.15, 0.2) is 0 Å². The summed E-state index contributed by atoms with van der Waals surface area (Å²) in [7, 11) is 0. The Kier molecular flexibility index (Phi) is 6.01. The molecule has 1 aromatic carbocycles. The fourth-order valence-electron chi connectivity index (χ4n) is 3.77. The lowest BCUT2D eigenvalue weighted by atomic mass is 9.71. The highest BCUT2D eigenvalue weighted by atomic mass is 16.3. The third-order valence-electron chi connectivity index (χ3n) is 6.28. The number of rotatable bonds is 5. The van der Waals surface area contributed by atoms with Gasteiger partial charge in [0, 0.05) is 18.2 Å². The number of hydrogen-bond donors (Lipinski definition) is 2. The van der Waals surface area contributed by atoms with Crippen molar-refractivity contribution in [2.75, 3.05) is 0 Å². The third-order valence-corrected chi connectivity index (χ3v) is 6.28. The molecule has 2 rings (SSSR count). The van der Waals surface area contributed by atoms with E-state index in [9.17, 15) is 5.11 Å². The van der Waals surface area contributed by atoms with E-state index < -0.39 is 0 Å². The van der Waals surface area contributed by atoms with Crippen LogP contribution in [-0.2, 0) is 12.0 Å². The first kappa shape index (κ1) is 19.3. The average Bonchev–Trinajstić information content (AvgIpc) is 2.53. The van der Waals surface area contributed by atoms with Crippen LogP contribution in [0.2, 0.25) is 0 Å². The number of phenols is 1. The van der Waals surface area contributed by atoms with Crippen molar-refractivity contribution in [1.29, 1.82) is 0 Å². The molecule has 0 spiro atoms. The minimum Gasteiger partial charge on any atom is -0.508 e. The lowest BCUT2D eigenvalue weighted by Gasteiger charge is -2.37. The predicted octanol–water partition coefficient (Wildman–Crippen LogP) is 5.77. The Hall–Kier alpha value is -1.02. The molecule has 136 valence electrons. The summed E-state index contributed by atoms with van der Waals surface area (Å²) in [5.41, 5.74) is 2.94. The fourth-order valence-corrected chi connectivity index (χ4v) is 3.77. The minimum atomic E-state index is 0.160. The predicted molar refractivity (Wildman–Crippen MR) is 103 cm³/mol. The largest absolute Gasteiger partial charge is 0.508 e. The smallest absolute Gasteiger partial charge is 0.120 e. The molecule has 0 unspecified atom stereocenters. The van der Waals surface area contributed by atoms with Crippen LogP contribution in [-0.4, -0.2) is 11.1 Å². The highest BCUT2D eigenvalue weighted by Gasteiger charge is 2.29. The Labute approximate surface area is 149 Å². The summed E-state index contributed by atoms with van der Waals surface area (Å²) in [6, 6.07) is 6.70. The number of nitrogens with one attached hydrogen (secondary N) is 1. The zero-order chi connectivity index (χ0) is 18.0. The number of aromatic hydroxyl groups is 1. The lowest BCUT2D eigenvalue weighted by molar-refractivity contribution is 0.160. The maximum absolute atomic E-state index is 10.2.